The van der Waals surface area contributed by atoms with Crippen molar-refractivity contribution in [3.8, 4) is 0 Å². The highest BCUT2D eigenvalue weighted by Gasteiger charge is 2.26. The minimum atomic E-state index is -3.92. The van der Waals surface area contributed by atoms with Gasteiger partial charge in [-0.05, 0) is 12.8 Å². The van der Waals surface area contributed by atoms with Crippen molar-refractivity contribution in [2.24, 2.45) is 0 Å². The first-order valence-electron chi connectivity index (χ1n) is 8.88. The second-order valence-electron chi connectivity index (χ2n) is 6.31. The molecule has 0 amide bonds. The number of ether oxygens (including phenoxy) is 1. The fourth-order valence-corrected chi connectivity index (χ4v) is 3.37. The summed E-state index contributed by atoms with van der Waals surface area (Å²) in [5, 5.41) is 0. The molecule has 0 rings (SSSR count). The Morgan fingerprint density at radius 2 is 1.54 bits per heavy atom. The van der Waals surface area contributed by atoms with E-state index < -0.39 is 16.1 Å². The van der Waals surface area contributed by atoms with Crippen LogP contribution in [0.5, 0.6) is 0 Å². The molecule has 0 aromatic heterocycles. The van der Waals surface area contributed by atoms with Crippen LogP contribution in [0, 0.1) is 0 Å². The molecule has 1 N–H and O–H groups in total. The van der Waals surface area contributed by atoms with Gasteiger partial charge in [-0.2, -0.15) is 8.42 Å². The van der Waals surface area contributed by atoms with Crippen LogP contribution in [0.1, 0.15) is 52.4 Å². The van der Waals surface area contributed by atoms with Crippen LogP contribution in [-0.4, -0.2) is 62.0 Å². The number of esters is 1. The maximum atomic E-state index is 11.1. The third-order valence-electron chi connectivity index (χ3n) is 4.19. The van der Waals surface area contributed by atoms with E-state index in [-0.39, 0.29) is 5.75 Å². The van der Waals surface area contributed by atoms with Crippen LogP contribution in [-0.2, 0) is 19.6 Å². The third kappa shape index (κ3) is 11.6. The van der Waals surface area contributed by atoms with Crippen molar-refractivity contribution in [2.75, 3.05) is 38.5 Å². The third-order valence-corrected chi connectivity index (χ3v) is 5.00. The maximum Gasteiger partial charge on any atom is 0.330 e. The highest BCUT2D eigenvalue weighted by Crippen LogP contribution is 2.15. The van der Waals surface area contributed by atoms with E-state index in [0.717, 1.165) is 68.8 Å². The molecule has 0 atom stereocenters. The van der Waals surface area contributed by atoms with Gasteiger partial charge in [0, 0.05) is 18.9 Å². The zero-order valence-corrected chi connectivity index (χ0v) is 16.0. The van der Waals surface area contributed by atoms with Crippen LogP contribution >= 0.6 is 0 Å². The summed E-state index contributed by atoms with van der Waals surface area (Å²) >= 11 is 0. The lowest BCUT2D eigenvalue weighted by molar-refractivity contribution is -0.928. The SMILES string of the molecule is C=CC(=O)OCCC[N+](CCCC)(CCCC)CCCS(=O)(=O)O. The molecule has 0 unspecified atom stereocenters. The second kappa shape index (κ2) is 12.4. The van der Waals surface area contributed by atoms with Crippen LogP contribution in [0.15, 0.2) is 12.7 Å². The Morgan fingerprint density at radius 3 is 2.00 bits per heavy atom. The summed E-state index contributed by atoms with van der Waals surface area (Å²) in [7, 11) is -3.92. The molecule has 142 valence electrons. The summed E-state index contributed by atoms with van der Waals surface area (Å²) in [6.07, 6.45) is 6.63. The molecule has 0 saturated heterocycles. The fraction of sp³-hybridized carbons (Fsp3) is 0.824. The van der Waals surface area contributed by atoms with E-state index >= 15 is 0 Å². The normalized spacial score (nSPS) is 12.1. The lowest BCUT2D eigenvalue weighted by Gasteiger charge is -2.39. The molecule has 0 aliphatic rings. The number of carbonyl (C=O) groups excluding carboxylic acids is 1. The Balaban J connectivity index is 4.76. The topological polar surface area (TPSA) is 80.7 Å². The molecule has 0 heterocycles. The van der Waals surface area contributed by atoms with Crippen LogP contribution in [0.3, 0.4) is 0 Å². The number of carbonyl (C=O) groups is 1. The highest BCUT2D eigenvalue weighted by atomic mass is 32.2. The van der Waals surface area contributed by atoms with E-state index in [2.05, 4.69) is 20.4 Å². The van der Waals surface area contributed by atoms with Crippen LogP contribution in [0.25, 0.3) is 0 Å². The zero-order chi connectivity index (χ0) is 18.5. The molecular formula is C17H34NO5S+. The number of hydrogen-bond donors (Lipinski definition) is 1. The minimum Gasteiger partial charge on any atom is -0.462 e. The van der Waals surface area contributed by atoms with Crippen molar-refractivity contribution in [3.05, 3.63) is 12.7 Å². The van der Waals surface area contributed by atoms with E-state index in [4.69, 9.17) is 9.29 Å². The highest BCUT2D eigenvalue weighted by molar-refractivity contribution is 7.85. The Kier molecular flexibility index (Phi) is 12.0. The first-order chi connectivity index (χ1) is 11.3. The van der Waals surface area contributed by atoms with Gasteiger partial charge in [-0.3, -0.25) is 4.55 Å². The molecular weight excluding hydrogens is 330 g/mol. The van der Waals surface area contributed by atoms with E-state index in [9.17, 15) is 13.2 Å². The lowest BCUT2D eigenvalue weighted by atomic mass is 10.1. The van der Waals surface area contributed by atoms with Crippen molar-refractivity contribution >= 4 is 16.1 Å². The van der Waals surface area contributed by atoms with E-state index in [1.165, 1.54) is 0 Å². The average Bonchev–Trinajstić information content (AvgIpc) is 2.53. The summed E-state index contributed by atoms with van der Waals surface area (Å²) in [5.41, 5.74) is 0. The summed E-state index contributed by atoms with van der Waals surface area (Å²) in [6.45, 7) is 11.5. The average molecular weight is 365 g/mol. The Labute approximate surface area is 147 Å². The van der Waals surface area contributed by atoms with Gasteiger partial charge in [0.2, 0.25) is 0 Å². The molecule has 6 nitrogen and oxygen atoms in total. The molecule has 0 radical (unpaired) electrons. The van der Waals surface area contributed by atoms with Gasteiger partial charge in [-0.15, -0.1) is 0 Å². The fourth-order valence-electron chi connectivity index (χ4n) is 2.87. The number of unbranched alkanes of at least 4 members (excludes halogenated alkanes) is 2. The van der Waals surface area contributed by atoms with Gasteiger partial charge in [0.15, 0.2) is 0 Å². The second-order valence-corrected chi connectivity index (χ2v) is 7.88. The minimum absolute atomic E-state index is 0.198. The van der Waals surface area contributed by atoms with E-state index in [0.29, 0.717) is 13.0 Å². The van der Waals surface area contributed by atoms with Crippen molar-refractivity contribution in [3.63, 3.8) is 0 Å². The van der Waals surface area contributed by atoms with E-state index in [1.807, 2.05) is 0 Å². The molecule has 0 saturated carbocycles. The molecule has 7 heteroatoms. The van der Waals surface area contributed by atoms with Crippen LogP contribution in [0.4, 0.5) is 0 Å². The van der Waals surface area contributed by atoms with Crippen LogP contribution in [0.2, 0.25) is 0 Å². The summed E-state index contributed by atoms with van der Waals surface area (Å²) in [6, 6.07) is 0. The molecule has 0 spiro atoms. The summed E-state index contributed by atoms with van der Waals surface area (Å²) in [5.74, 6) is -0.613. The first kappa shape index (κ1) is 23.1. The Morgan fingerprint density at radius 1 is 1.04 bits per heavy atom. The number of rotatable bonds is 15. The molecule has 0 aliphatic carbocycles. The van der Waals surface area contributed by atoms with Gasteiger partial charge in [-0.25, -0.2) is 4.79 Å². The van der Waals surface area contributed by atoms with Crippen LogP contribution < -0.4 is 0 Å². The molecule has 0 aliphatic heterocycles. The molecule has 0 fully saturated rings. The van der Waals surface area contributed by atoms with Gasteiger partial charge < -0.3 is 9.22 Å². The number of quaternary nitrogens is 1. The number of hydrogen-bond acceptors (Lipinski definition) is 4. The van der Waals surface area contributed by atoms with Gasteiger partial charge in [0.05, 0.1) is 38.5 Å². The summed E-state index contributed by atoms with van der Waals surface area (Å²) in [4.78, 5) is 11.1. The van der Waals surface area contributed by atoms with E-state index in [1.54, 1.807) is 0 Å². The maximum absolute atomic E-state index is 11.1. The largest absolute Gasteiger partial charge is 0.462 e. The zero-order valence-electron chi connectivity index (χ0n) is 15.2. The number of nitrogens with zero attached hydrogens (tertiary/aromatic N) is 1. The predicted octanol–water partition coefficient (Wildman–Crippen LogP) is 2.80. The van der Waals surface area contributed by atoms with Crippen molar-refractivity contribution in [1.82, 2.24) is 0 Å². The monoisotopic (exact) mass is 364 g/mol. The quantitative estimate of drug-likeness (QED) is 0.159. The first-order valence-corrected chi connectivity index (χ1v) is 10.5. The predicted molar refractivity (Wildman–Crippen MR) is 96.4 cm³/mol. The smallest absolute Gasteiger partial charge is 0.330 e. The summed E-state index contributed by atoms with van der Waals surface area (Å²) < 4.78 is 36.8. The van der Waals surface area contributed by atoms with Crippen molar-refractivity contribution in [1.29, 1.82) is 0 Å². The standard InChI is InChI=1S/C17H33NO5S/c1-4-7-11-18(12-8-5-2,14-10-16-24(20,21)22)13-9-15-23-17(19)6-3/h6H,3-5,7-16H2,1-2H3/p+1. The van der Waals surface area contributed by atoms with Gasteiger partial charge in [-0.1, -0.05) is 33.3 Å². The van der Waals surface area contributed by atoms with Crippen molar-refractivity contribution < 1.29 is 27.0 Å². The van der Waals surface area contributed by atoms with Crippen molar-refractivity contribution in [2.45, 2.75) is 52.4 Å². The molecule has 0 bridgehead atoms. The molecule has 0 aromatic rings. The Hall–Kier alpha value is -0.920. The lowest BCUT2D eigenvalue weighted by Crippen LogP contribution is -2.51. The molecule has 0 aromatic carbocycles. The Bertz CT molecular complexity index is 454. The molecule has 24 heavy (non-hydrogen) atoms. The van der Waals surface area contributed by atoms with Gasteiger partial charge in [0.1, 0.15) is 0 Å². The van der Waals surface area contributed by atoms with Gasteiger partial charge in [0.25, 0.3) is 10.1 Å². The van der Waals surface area contributed by atoms with Gasteiger partial charge >= 0.3 is 5.97 Å².